The molecule has 5 aliphatic rings. The number of halogens is 1. The Morgan fingerprint density at radius 1 is 1.06 bits per heavy atom. The van der Waals surface area contributed by atoms with Gasteiger partial charge in [0.05, 0.1) is 59.7 Å². The fraction of sp³-hybridized carbons (Fsp3) is 0.559. The molecule has 2 bridgehead atoms. The number of carbonyl (C=O) groups excluding carboxylic acids is 3. The predicted molar refractivity (Wildman–Crippen MR) is 170 cm³/mol. The number of anilines is 1. The summed E-state index contributed by atoms with van der Waals surface area (Å²) in [5, 5.41) is 3.02. The minimum Gasteiger partial charge on any atom is -0.460 e. The standard InChI is InChI=1S/C34H42FN3O8S/c1-32(2,3)46-31(41)33-8-11-34(12-9-33,13-10-33)37-29(39)23-16-26-28(17-24(23)35)47(42,43)20-25(36)30(40)38(26)18-21-4-6-22(7-5-21)27-19-44-14-15-45-27/h4-7,16-17,25,27H,8-15,18-20,36H2,1-3H3,(H,37,39)/t25-,27-,33?,34?/m0/s1. The van der Waals surface area contributed by atoms with Gasteiger partial charge in [-0.15, -0.1) is 0 Å². The molecule has 1 saturated heterocycles. The predicted octanol–water partition coefficient (Wildman–Crippen LogP) is 3.73. The topological polar surface area (TPSA) is 154 Å². The second-order valence-corrected chi connectivity index (χ2v) is 16.3. The number of sulfone groups is 1. The van der Waals surface area contributed by atoms with Crippen LogP contribution in [0, 0.1) is 11.2 Å². The largest absolute Gasteiger partial charge is 0.460 e. The molecule has 13 heteroatoms. The number of nitrogens with one attached hydrogen (secondary N) is 1. The Morgan fingerprint density at radius 3 is 2.32 bits per heavy atom. The number of ether oxygens (including phenoxy) is 3. The third-order valence-corrected chi connectivity index (χ3v) is 11.7. The first kappa shape index (κ1) is 33.5. The van der Waals surface area contributed by atoms with Crippen LogP contribution < -0.4 is 16.0 Å². The molecular formula is C34H42FN3O8S. The number of hydrogen-bond acceptors (Lipinski definition) is 9. The maximum Gasteiger partial charge on any atom is 0.312 e. The normalized spacial score (nSPS) is 28.7. The smallest absolute Gasteiger partial charge is 0.312 e. The summed E-state index contributed by atoms with van der Waals surface area (Å²) in [6.07, 6.45) is 2.94. The molecular weight excluding hydrogens is 629 g/mol. The van der Waals surface area contributed by atoms with E-state index in [1.165, 1.54) is 4.90 Å². The van der Waals surface area contributed by atoms with Crippen molar-refractivity contribution in [3.63, 3.8) is 0 Å². The highest BCUT2D eigenvalue weighted by Gasteiger charge is 2.54. The van der Waals surface area contributed by atoms with Gasteiger partial charge in [0.2, 0.25) is 5.91 Å². The lowest BCUT2D eigenvalue weighted by Crippen LogP contribution is -2.59. The zero-order chi connectivity index (χ0) is 33.8. The van der Waals surface area contributed by atoms with Crippen molar-refractivity contribution in [3.05, 3.63) is 58.9 Å². The summed E-state index contributed by atoms with van der Waals surface area (Å²) >= 11 is 0. The lowest BCUT2D eigenvalue weighted by Gasteiger charge is -2.52. The maximum absolute atomic E-state index is 15.6. The molecule has 2 aliphatic heterocycles. The van der Waals surface area contributed by atoms with Crippen LogP contribution in [0.4, 0.5) is 10.1 Å². The Kier molecular flexibility index (Phi) is 8.73. The fourth-order valence-electron chi connectivity index (χ4n) is 7.13. The van der Waals surface area contributed by atoms with Crippen LogP contribution in [-0.4, -0.2) is 69.0 Å². The van der Waals surface area contributed by atoms with Gasteiger partial charge in [-0.3, -0.25) is 14.4 Å². The van der Waals surface area contributed by atoms with Crippen molar-refractivity contribution in [1.29, 1.82) is 0 Å². The van der Waals surface area contributed by atoms with E-state index >= 15 is 4.39 Å². The molecule has 0 aromatic heterocycles. The van der Waals surface area contributed by atoms with Crippen molar-refractivity contribution in [3.8, 4) is 0 Å². The average molecular weight is 672 g/mol. The van der Waals surface area contributed by atoms with Crippen molar-refractivity contribution in [2.75, 3.05) is 30.5 Å². The Morgan fingerprint density at radius 2 is 1.72 bits per heavy atom. The van der Waals surface area contributed by atoms with Crippen molar-refractivity contribution in [2.24, 2.45) is 11.1 Å². The minimum atomic E-state index is -4.17. The summed E-state index contributed by atoms with van der Waals surface area (Å²) in [5.41, 5.74) is 5.30. The van der Waals surface area contributed by atoms with E-state index in [-0.39, 0.29) is 29.9 Å². The van der Waals surface area contributed by atoms with Gasteiger partial charge in [0.15, 0.2) is 9.84 Å². The van der Waals surface area contributed by atoms with Gasteiger partial charge in [0, 0.05) is 5.54 Å². The quantitative estimate of drug-likeness (QED) is 0.438. The van der Waals surface area contributed by atoms with Crippen LogP contribution in [0.15, 0.2) is 41.3 Å². The van der Waals surface area contributed by atoms with E-state index in [0.29, 0.717) is 63.9 Å². The van der Waals surface area contributed by atoms with Gasteiger partial charge in [0.1, 0.15) is 17.5 Å². The van der Waals surface area contributed by atoms with E-state index in [0.717, 1.165) is 17.7 Å². The molecule has 4 fully saturated rings. The molecule has 3 N–H and O–H groups in total. The Labute approximate surface area is 274 Å². The fourth-order valence-corrected chi connectivity index (χ4v) is 8.70. The summed E-state index contributed by atoms with van der Waals surface area (Å²) in [6.45, 7) is 6.88. The average Bonchev–Trinajstić information content (AvgIpc) is 3.09. The van der Waals surface area contributed by atoms with Gasteiger partial charge in [-0.05, 0) is 82.6 Å². The lowest BCUT2D eigenvalue weighted by molar-refractivity contribution is -0.175. The van der Waals surface area contributed by atoms with E-state index in [9.17, 15) is 22.8 Å². The van der Waals surface area contributed by atoms with E-state index in [1.54, 1.807) is 12.1 Å². The number of carbonyl (C=O) groups is 3. The van der Waals surface area contributed by atoms with Gasteiger partial charge in [-0.1, -0.05) is 24.3 Å². The van der Waals surface area contributed by atoms with Crippen molar-refractivity contribution < 1.29 is 41.4 Å². The van der Waals surface area contributed by atoms with Crippen LogP contribution in [0.3, 0.4) is 0 Å². The molecule has 47 heavy (non-hydrogen) atoms. The number of benzene rings is 2. The molecule has 2 aromatic rings. The highest BCUT2D eigenvalue weighted by atomic mass is 32.2. The van der Waals surface area contributed by atoms with Gasteiger partial charge in [0.25, 0.3) is 5.91 Å². The SMILES string of the molecule is CC(C)(C)OC(=O)C12CCC(NC(=O)c3cc4c(cc3F)S(=O)(=O)C[C@H](N)C(=O)N4Cc3ccc([C@@H]4COCCO4)cc3)(CC1)CC2. The second-order valence-electron chi connectivity index (χ2n) is 14.3. The molecule has 2 amide bonds. The zero-order valence-electron chi connectivity index (χ0n) is 27.0. The van der Waals surface area contributed by atoms with Crippen molar-refractivity contribution >= 4 is 33.3 Å². The summed E-state index contributed by atoms with van der Waals surface area (Å²) < 4.78 is 59.2. The number of hydrogen-bond donors (Lipinski definition) is 2. The van der Waals surface area contributed by atoms with E-state index in [2.05, 4.69) is 5.32 Å². The molecule has 2 heterocycles. The molecule has 7 rings (SSSR count). The minimum absolute atomic E-state index is 0.0548. The van der Waals surface area contributed by atoms with Crippen LogP contribution in [-0.2, 0) is 40.2 Å². The number of rotatable bonds is 6. The number of esters is 1. The first-order valence-corrected chi connectivity index (χ1v) is 17.7. The Balaban J connectivity index is 1.26. The molecule has 3 aliphatic carbocycles. The summed E-state index contributed by atoms with van der Waals surface area (Å²) in [6, 6.07) is 7.87. The summed E-state index contributed by atoms with van der Waals surface area (Å²) in [7, 11) is -4.17. The van der Waals surface area contributed by atoms with Crippen LogP contribution in [0.25, 0.3) is 0 Å². The molecule has 0 radical (unpaired) electrons. The number of fused-ring (bicyclic) bond motifs is 4. The summed E-state index contributed by atoms with van der Waals surface area (Å²) in [4.78, 5) is 41.1. The first-order chi connectivity index (χ1) is 22.1. The second kappa shape index (κ2) is 12.2. The third-order valence-electron chi connectivity index (χ3n) is 9.87. The molecule has 254 valence electrons. The Bertz CT molecular complexity index is 1660. The molecule has 3 saturated carbocycles. The van der Waals surface area contributed by atoms with Crippen LogP contribution in [0.2, 0.25) is 0 Å². The molecule has 0 unspecified atom stereocenters. The first-order valence-electron chi connectivity index (χ1n) is 16.1. The highest BCUT2D eigenvalue weighted by molar-refractivity contribution is 7.91. The highest BCUT2D eigenvalue weighted by Crippen LogP contribution is 2.53. The number of amides is 2. The van der Waals surface area contributed by atoms with Gasteiger partial charge < -0.3 is 30.2 Å². The van der Waals surface area contributed by atoms with Crippen LogP contribution in [0.1, 0.15) is 86.9 Å². The number of nitrogens with two attached hydrogens (primary N) is 1. The van der Waals surface area contributed by atoms with E-state index < -0.39 is 60.7 Å². The van der Waals surface area contributed by atoms with E-state index in [4.69, 9.17) is 19.9 Å². The van der Waals surface area contributed by atoms with E-state index in [1.807, 2.05) is 32.9 Å². The van der Waals surface area contributed by atoms with Gasteiger partial charge in [-0.25, -0.2) is 12.8 Å². The molecule has 11 nitrogen and oxygen atoms in total. The number of nitrogens with zero attached hydrogens (tertiary/aromatic N) is 1. The molecule has 2 aromatic carbocycles. The lowest BCUT2D eigenvalue weighted by atomic mass is 9.57. The monoisotopic (exact) mass is 671 g/mol. The van der Waals surface area contributed by atoms with Crippen molar-refractivity contribution in [1.82, 2.24) is 5.32 Å². The summed E-state index contributed by atoms with van der Waals surface area (Å²) in [5.74, 6) is -3.31. The van der Waals surface area contributed by atoms with Crippen LogP contribution >= 0.6 is 0 Å². The third kappa shape index (κ3) is 6.67. The zero-order valence-corrected chi connectivity index (χ0v) is 27.8. The van der Waals surface area contributed by atoms with Gasteiger partial charge >= 0.3 is 5.97 Å². The van der Waals surface area contributed by atoms with Crippen LogP contribution in [0.5, 0.6) is 0 Å². The maximum atomic E-state index is 15.6. The van der Waals surface area contributed by atoms with Crippen molar-refractivity contribution in [2.45, 2.75) is 94.0 Å². The van der Waals surface area contributed by atoms with Gasteiger partial charge in [-0.2, -0.15) is 0 Å². The molecule has 0 spiro atoms. The molecule has 2 atom stereocenters. The Hall–Kier alpha value is -3.39.